The van der Waals surface area contributed by atoms with Gasteiger partial charge in [-0.2, -0.15) is 0 Å². The first kappa shape index (κ1) is 22.3. The lowest BCUT2D eigenvalue weighted by Crippen LogP contribution is -2.43. The molecule has 0 bridgehead atoms. The number of phenols is 1. The Morgan fingerprint density at radius 3 is 2.22 bits per heavy atom. The molecule has 2 fully saturated rings. The van der Waals surface area contributed by atoms with Crippen LogP contribution in [0.1, 0.15) is 76.8 Å². The van der Waals surface area contributed by atoms with Crippen molar-refractivity contribution in [1.82, 2.24) is 0 Å². The van der Waals surface area contributed by atoms with Crippen LogP contribution in [0.3, 0.4) is 0 Å². The van der Waals surface area contributed by atoms with Crippen molar-refractivity contribution in [3.05, 3.63) is 64.7 Å². The number of aryl methyl sites for hydroxylation is 1. The minimum atomic E-state index is -1.23. The Morgan fingerprint density at radius 1 is 0.938 bits per heavy atom. The van der Waals surface area contributed by atoms with Crippen LogP contribution < -0.4 is 0 Å². The summed E-state index contributed by atoms with van der Waals surface area (Å²) in [6.07, 6.45) is 6.78. The van der Waals surface area contributed by atoms with Gasteiger partial charge in [0.05, 0.1) is 17.2 Å². The molecule has 4 N–H and O–H groups in total. The van der Waals surface area contributed by atoms with Gasteiger partial charge in [0, 0.05) is 0 Å². The van der Waals surface area contributed by atoms with Crippen LogP contribution in [0, 0.1) is 17.3 Å². The van der Waals surface area contributed by atoms with Crippen molar-refractivity contribution < 1.29 is 30.0 Å². The minimum absolute atomic E-state index is 0.0883. The monoisotopic (exact) mass is 438 g/mol. The van der Waals surface area contributed by atoms with Crippen LogP contribution in [-0.2, 0) is 6.42 Å². The predicted octanol–water partition coefficient (Wildman–Crippen LogP) is 4.69. The highest BCUT2D eigenvalue weighted by molar-refractivity contribution is 6.01. The van der Waals surface area contributed by atoms with E-state index in [-0.39, 0.29) is 22.6 Å². The summed E-state index contributed by atoms with van der Waals surface area (Å²) >= 11 is 0. The van der Waals surface area contributed by atoms with Crippen LogP contribution in [0.5, 0.6) is 5.75 Å². The van der Waals surface area contributed by atoms with Gasteiger partial charge in [-0.3, -0.25) is 0 Å². The normalized spacial score (nSPS) is 30.2. The number of phenolic OH excluding ortho intramolecular Hbond substituents is 1. The molecule has 0 amide bonds. The number of aromatic hydroxyl groups is 1. The molecule has 2 aromatic rings. The third-order valence-electron chi connectivity index (χ3n) is 8.05. The number of carboxylic acids is 2. The summed E-state index contributed by atoms with van der Waals surface area (Å²) < 4.78 is 0. The van der Waals surface area contributed by atoms with Gasteiger partial charge in [0.2, 0.25) is 0 Å². The van der Waals surface area contributed by atoms with Gasteiger partial charge in [-0.05, 0) is 97.1 Å². The molecule has 1 unspecified atom stereocenters. The zero-order chi connectivity index (χ0) is 23.0. The molecule has 2 aromatic carbocycles. The van der Waals surface area contributed by atoms with Crippen molar-refractivity contribution >= 4 is 11.9 Å². The number of carboxylic acid groups (broad SMARTS) is 2. The van der Waals surface area contributed by atoms with Crippen LogP contribution in [-0.4, -0.2) is 38.5 Å². The third-order valence-corrected chi connectivity index (χ3v) is 8.05. The maximum Gasteiger partial charge on any atom is 0.336 e. The smallest absolute Gasteiger partial charge is 0.336 e. The van der Waals surface area contributed by atoms with Gasteiger partial charge in [-0.1, -0.05) is 25.1 Å². The number of carbonyl (C=O) groups is 2. The van der Waals surface area contributed by atoms with E-state index in [1.54, 1.807) is 0 Å². The molecule has 3 aliphatic carbocycles. The molecule has 3 aliphatic rings. The van der Waals surface area contributed by atoms with Crippen molar-refractivity contribution in [1.29, 1.82) is 0 Å². The Morgan fingerprint density at radius 2 is 1.59 bits per heavy atom. The molecule has 0 radical (unpaired) electrons. The second kappa shape index (κ2) is 8.58. The van der Waals surface area contributed by atoms with Crippen molar-refractivity contribution in [3.63, 3.8) is 0 Å². The lowest BCUT2D eigenvalue weighted by atomic mass is 9.55. The molecule has 5 atom stereocenters. The molecule has 0 spiro atoms. The van der Waals surface area contributed by atoms with Crippen molar-refractivity contribution in [2.45, 2.75) is 57.5 Å². The Labute approximate surface area is 187 Å². The standard InChI is InChI=1S/C18H24O2.C8H6O4/c1-18-9-8-14-13-5-3-12(19)10-11(13)2-4-15(14)16(18)6-7-17(18)20;9-7(10)5-3-1-2-4-6(5)8(11)12/h3,5,10,14-17,19-20H,2,4,6-9H2,1H3;1-4H,(H,9,10)(H,11,12)/t14-,15-,16+,17?,18+;/m1./s1. The van der Waals surface area contributed by atoms with Gasteiger partial charge in [-0.15, -0.1) is 0 Å². The fourth-order valence-corrected chi connectivity index (χ4v) is 6.40. The summed E-state index contributed by atoms with van der Waals surface area (Å²) in [5, 5.41) is 37.2. The number of aliphatic hydroxyl groups excluding tert-OH is 1. The highest BCUT2D eigenvalue weighted by Crippen LogP contribution is 2.60. The SMILES string of the molecule is C[C@]12CC[C@@H]3c4ccc(O)cc4CC[C@H]3[C@@H]1CCC2O.O=C(O)c1ccccc1C(=O)O. The number of hydrogen-bond donors (Lipinski definition) is 4. The first-order valence-corrected chi connectivity index (χ1v) is 11.3. The number of rotatable bonds is 2. The minimum Gasteiger partial charge on any atom is -0.508 e. The van der Waals surface area contributed by atoms with Crippen molar-refractivity contribution in [2.24, 2.45) is 17.3 Å². The largest absolute Gasteiger partial charge is 0.508 e. The van der Waals surface area contributed by atoms with Gasteiger partial charge < -0.3 is 20.4 Å². The van der Waals surface area contributed by atoms with E-state index in [0.717, 1.165) is 25.2 Å². The molecule has 5 rings (SSSR count). The van der Waals surface area contributed by atoms with E-state index in [4.69, 9.17) is 10.2 Å². The second-order valence-electron chi connectivity index (χ2n) is 9.59. The number of aromatic carboxylic acids is 2. The van der Waals surface area contributed by atoms with E-state index in [2.05, 4.69) is 13.0 Å². The topological polar surface area (TPSA) is 115 Å². The van der Waals surface area contributed by atoms with E-state index < -0.39 is 11.9 Å². The molecular formula is C26H30O6. The van der Waals surface area contributed by atoms with Crippen molar-refractivity contribution in [2.75, 3.05) is 0 Å². The molecule has 2 saturated carbocycles. The molecule has 170 valence electrons. The predicted molar refractivity (Wildman–Crippen MR) is 119 cm³/mol. The lowest BCUT2D eigenvalue weighted by Gasteiger charge is -2.50. The highest BCUT2D eigenvalue weighted by Gasteiger charge is 2.54. The van der Waals surface area contributed by atoms with Gasteiger partial charge in [0.15, 0.2) is 0 Å². The zero-order valence-corrected chi connectivity index (χ0v) is 18.2. The van der Waals surface area contributed by atoms with Crippen LogP contribution in [0.15, 0.2) is 42.5 Å². The maximum atomic E-state index is 10.5. The molecular weight excluding hydrogens is 408 g/mol. The molecule has 0 heterocycles. The molecule has 6 nitrogen and oxygen atoms in total. The third kappa shape index (κ3) is 3.88. The van der Waals surface area contributed by atoms with Crippen LogP contribution in [0.4, 0.5) is 0 Å². The number of fused-ring (bicyclic) bond motifs is 5. The summed E-state index contributed by atoms with van der Waals surface area (Å²) in [5.41, 5.74) is 2.61. The summed E-state index contributed by atoms with van der Waals surface area (Å²) in [5.74, 6) is 0.0315. The summed E-state index contributed by atoms with van der Waals surface area (Å²) in [4.78, 5) is 20.9. The van der Waals surface area contributed by atoms with Crippen LogP contribution in [0.2, 0.25) is 0 Å². The van der Waals surface area contributed by atoms with Gasteiger partial charge in [0.25, 0.3) is 0 Å². The zero-order valence-electron chi connectivity index (χ0n) is 18.2. The molecule has 32 heavy (non-hydrogen) atoms. The van der Waals surface area contributed by atoms with E-state index in [9.17, 15) is 19.8 Å². The second-order valence-corrected chi connectivity index (χ2v) is 9.59. The Kier molecular flexibility index (Phi) is 5.99. The van der Waals surface area contributed by atoms with Gasteiger partial charge in [-0.25, -0.2) is 9.59 Å². The average Bonchev–Trinajstić information content (AvgIpc) is 3.08. The highest BCUT2D eigenvalue weighted by atomic mass is 16.4. The van der Waals surface area contributed by atoms with Crippen LogP contribution in [0.25, 0.3) is 0 Å². The lowest BCUT2D eigenvalue weighted by molar-refractivity contribution is -0.0226. The fourth-order valence-electron chi connectivity index (χ4n) is 6.40. The summed E-state index contributed by atoms with van der Waals surface area (Å²) in [6.45, 7) is 2.32. The Balaban J connectivity index is 0.000000176. The van der Waals surface area contributed by atoms with Crippen LogP contribution >= 0.6 is 0 Å². The average molecular weight is 439 g/mol. The fraction of sp³-hybridized carbons (Fsp3) is 0.462. The number of aliphatic hydroxyl groups is 1. The molecule has 0 saturated heterocycles. The van der Waals surface area contributed by atoms with E-state index >= 15 is 0 Å². The Hall–Kier alpha value is -2.86. The van der Waals surface area contributed by atoms with E-state index in [0.29, 0.717) is 17.6 Å². The molecule has 0 aliphatic heterocycles. The molecule has 6 heteroatoms. The van der Waals surface area contributed by atoms with Gasteiger partial charge in [0.1, 0.15) is 5.75 Å². The Bertz CT molecular complexity index is 998. The van der Waals surface area contributed by atoms with Crippen molar-refractivity contribution in [3.8, 4) is 5.75 Å². The number of hydrogen-bond acceptors (Lipinski definition) is 4. The van der Waals surface area contributed by atoms with Gasteiger partial charge >= 0.3 is 11.9 Å². The molecule has 0 aromatic heterocycles. The number of benzene rings is 2. The first-order valence-electron chi connectivity index (χ1n) is 11.3. The van der Waals surface area contributed by atoms with E-state index in [1.165, 1.54) is 54.7 Å². The first-order chi connectivity index (χ1) is 15.2. The summed E-state index contributed by atoms with van der Waals surface area (Å²) in [6, 6.07) is 11.4. The maximum absolute atomic E-state index is 10.5. The quantitative estimate of drug-likeness (QED) is 0.541. The van der Waals surface area contributed by atoms with E-state index in [1.807, 2.05) is 12.1 Å². The summed E-state index contributed by atoms with van der Waals surface area (Å²) in [7, 11) is 0.